The number of hydrogen-bond donors (Lipinski definition) is 0. The van der Waals surface area contributed by atoms with Gasteiger partial charge in [0, 0.05) is 25.5 Å². The number of ether oxygens (including phenoxy) is 1. The largest absolute Gasteiger partial charge is 0.378 e. The van der Waals surface area contributed by atoms with Crippen LogP contribution in [-0.2, 0) is 4.74 Å². The Labute approximate surface area is 120 Å². The van der Waals surface area contributed by atoms with E-state index in [-0.39, 0.29) is 11.5 Å². The molecule has 0 radical (unpaired) electrons. The molecule has 3 heterocycles. The Hall–Kier alpha value is -2.55. The Morgan fingerprint density at radius 1 is 1.33 bits per heavy atom. The predicted octanol–water partition coefficient (Wildman–Crippen LogP) is 0.716. The number of nitrogens with zero attached hydrogens (tertiary/aromatic N) is 6. The van der Waals surface area contributed by atoms with E-state index in [1.807, 2.05) is 4.90 Å². The molecule has 0 atom stereocenters. The Kier molecular flexibility index (Phi) is 3.48. The summed E-state index contributed by atoms with van der Waals surface area (Å²) in [6.45, 7) is 4.14. The Morgan fingerprint density at radius 3 is 2.71 bits per heavy atom. The molecule has 1 aliphatic heterocycles. The van der Waals surface area contributed by atoms with Crippen LogP contribution in [-0.4, -0.2) is 50.7 Å². The first-order valence-corrected chi connectivity index (χ1v) is 6.51. The number of rotatable bonds is 3. The third-order valence-corrected chi connectivity index (χ3v) is 3.25. The van der Waals surface area contributed by atoms with Crippen LogP contribution in [0.15, 0.2) is 18.7 Å². The smallest absolute Gasteiger partial charge is 0.333 e. The van der Waals surface area contributed by atoms with Crippen LogP contribution in [0.1, 0.15) is 5.69 Å². The minimum absolute atomic E-state index is 0.106. The van der Waals surface area contributed by atoms with E-state index in [0.29, 0.717) is 37.9 Å². The highest BCUT2D eigenvalue weighted by molar-refractivity contribution is 5.54. The SMILES string of the molecule is Cc1nc(N2CCOCC2)nc(-n2ccnc2)c1[N+](=O)[O-]. The molecule has 110 valence electrons. The number of morpholine rings is 1. The molecule has 2 aromatic heterocycles. The zero-order valence-electron chi connectivity index (χ0n) is 11.5. The van der Waals surface area contributed by atoms with Crippen molar-refractivity contribution in [3.8, 4) is 5.82 Å². The second-order valence-corrected chi connectivity index (χ2v) is 4.61. The van der Waals surface area contributed by atoms with Crippen molar-refractivity contribution in [3.05, 3.63) is 34.5 Å². The van der Waals surface area contributed by atoms with Gasteiger partial charge in [0.15, 0.2) is 0 Å². The summed E-state index contributed by atoms with van der Waals surface area (Å²) in [5.41, 5.74) is 0.227. The molecule has 2 aromatic rings. The lowest BCUT2D eigenvalue weighted by molar-refractivity contribution is -0.385. The third-order valence-electron chi connectivity index (χ3n) is 3.25. The van der Waals surface area contributed by atoms with Crippen molar-refractivity contribution in [1.29, 1.82) is 0 Å². The van der Waals surface area contributed by atoms with E-state index in [1.54, 1.807) is 19.3 Å². The van der Waals surface area contributed by atoms with Crippen molar-refractivity contribution in [1.82, 2.24) is 19.5 Å². The molecule has 0 bridgehead atoms. The maximum absolute atomic E-state index is 11.3. The number of nitro groups is 1. The van der Waals surface area contributed by atoms with Gasteiger partial charge < -0.3 is 9.64 Å². The summed E-state index contributed by atoms with van der Waals surface area (Å²) < 4.78 is 6.82. The second-order valence-electron chi connectivity index (χ2n) is 4.61. The lowest BCUT2D eigenvalue weighted by Crippen LogP contribution is -2.37. The number of aromatic nitrogens is 4. The molecule has 9 nitrogen and oxygen atoms in total. The molecular weight excluding hydrogens is 276 g/mol. The van der Waals surface area contributed by atoms with E-state index in [0.717, 1.165) is 0 Å². The van der Waals surface area contributed by atoms with Gasteiger partial charge in [-0.3, -0.25) is 14.7 Å². The third kappa shape index (κ3) is 2.55. The maximum Gasteiger partial charge on any atom is 0.333 e. The topological polar surface area (TPSA) is 99.2 Å². The van der Waals surface area contributed by atoms with Gasteiger partial charge in [-0.1, -0.05) is 0 Å². The molecule has 3 rings (SSSR count). The van der Waals surface area contributed by atoms with Crippen molar-refractivity contribution in [2.24, 2.45) is 0 Å². The fraction of sp³-hybridized carbons (Fsp3) is 0.417. The molecule has 1 aliphatic rings. The van der Waals surface area contributed by atoms with Crippen LogP contribution >= 0.6 is 0 Å². The van der Waals surface area contributed by atoms with Crippen molar-refractivity contribution in [3.63, 3.8) is 0 Å². The molecule has 0 saturated carbocycles. The van der Waals surface area contributed by atoms with Crippen LogP contribution in [0.4, 0.5) is 11.6 Å². The summed E-state index contributed by atoms with van der Waals surface area (Å²) in [7, 11) is 0. The van der Waals surface area contributed by atoms with Gasteiger partial charge in [-0.2, -0.15) is 4.98 Å². The first-order valence-electron chi connectivity index (χ1n) is 6.51. The fourth-order valence-electron chi connectivity index (χ4n) is 2.22. The molecule has 0 aliphatic carbocycles. The molecule has 0 unspecified atom stereocenters. The molecule has 0 aromatic carbocycles. The normalized spacial score (nSPS) is 15.2. The molecule has 21 heavy (non-hydrogen) atoms. The van der Waals surface area contributed by atoms with Crippen molar-refractivity contribution in [2.45, 2.75) is 6.92 Å². The van der Waals surface area contributed by atoms with Crippen LogP contribution in [0.25, 0.3) is 5.82 Å². The van der Waals surface area contributed by atoms with Crippen LogP contribution in [0.3, 0.4) is 0 Å². The summed E-state index contributed by atoms with van der Waals surface area (Å²) in [5.74, 6) is 0.705. The zero-order valence-corrected chi connectivity index (χ0v) is 11.5. The van der Waals surface area contributed by atoms with Crippen LogP contribution in [0.5, 0.6) is 0 Å². The quantitative estimate of drug-likeness (QED) is 0.606. The van der Waals surface area contributed by atoms with Crippen LogP contribution < -0.4 is 4.90 Å². The van der Waals surface area contributed by atoms with Crippen LogP contribution in [0.2, 0.25) is 0 Å². The van der Waals surface area contributed by atoms with Crippen molar-refractivity contribution in [2.75, 3.05) is 31.2 Å². The molecular formula is C12H14N6O3. The highest BCUT2D eigenvalue weighted by atomic mass is 16.6. The van der Waals surface area contributed by atoms with Gasteiger partial charge in [-0.25, -0.2) is 9.97 Å². The predicted molar refractivity (Wildman–Crippen MR) is 73.6 cm³/mol. The summed E-state index contributed by atoms with van der Waals surface area (Å²) >= 11 is 0. The molecule has 1 fully saturated rings. The highest BCUT2D eigenvalue weighted by Gasteiger charge is 2.25. The average molecular weight is 290 g/mol. The minimum atomic E-state index is -0.465. The van der Waals surface area contributed by atoms with Crippen molar-refractivity contribution < 1.29 is 9.66 Å². The Bertz CT molecular complexity index is 651. The minimum Gasteiger partial charge on any atom is -0.378 e. The summed E-state index contributed by atoms with van der Waals surface area (Å²) in [5, 5.41) is 11.3. The molecule has 0 spiro atoms. The monoisotopic (exact) mass is 290 g/mol. The first kappa shape index (κ1) is 13.4. The zero-order chi connectivity index (χ0) is 14.8. The van der Waals surface area contributed by atoms with Crippen molar-refractivity contribution >= 4 is 11.6 Å². The van der Waals surface area contributed by atoms with E-state index < -0.39 is 4.92 Å². The number of imidazole rings is 1. The summed E-state index contributed by atoms with van der Waals surface area (Å²) in [6, 6.07) is 0. The van der Waals surface area contributed by atoms with Gasteiger partial charge in [0.05, 0.1) is 18.1 Å². The van der Waals surface area contributed by atoms with Gasteiger partial charge in [-0.05, 0) is 6.92 Å². The summed E-state index contributed by atoms with van der Waals surface area (Å²) in [6.07, 6.45) is 4.66. The fourth-order valence-corrected chi connectivity index (χ4v) is 2.22. The number of anilines is 1. The first-order chi connectivity index (χ1) is 10.2. The number of aryl methyl sites for hydroxylation is 1. The lowest BCUT2D eigenvalue weighted by atomic mass is 10.3. The van der Waals surface area contributed by atoms with E-state index in [1.165, 1.54) is 10.9 Å². The van der Waals surface area contributed by atoms with Gasteiger partial charge >= 0.3 is 5.69 Å². The van der Waals surface area contributed by atoms with E-state index in [4.69, 9.17) is 4.74 Å². The van der Waals surface area contributed by atoms with E-state index >= 15 is 0 Å². The molecule has 0 amide bonds. The van der Waals surface area contributed by atoms with Gasteiger partial charge in [0.2, 0.25) is 11.8 Å². The molecule has 0 N–H and O–H groups in total. The van der Waals surface area contributed by atoms with Gasteiger partial charge in [0.1, 0.15) is 12.0 Å². The Morgan fingerprint density at radius 2 is 2.10 bits per heavy atom. The summed E-state index contributed by atoms with van der Waals surface area (Å²) in [4.78, 5) is 25.3. The van der Waals surface area contributed by atoms with Gasteiger partial charge in [-0.15, -0.1) is 0 Å². The standard InChI is InChI=1S/C12H14N6O3/c1-9-10(18(19)20)11(17-3-2-13-8-17)15-12(14-9)16-4-6-21-7-5-16/h2-3,8H,4-7H2,1H3. The van der Waals surface area contributed by atoms with Crippen LogP contribution in [0, 0.1) is 17.0 Å². The Balaban J connectivity index is 2.10. The molecule has 9 heteroatoms. The second kappa shape index (κ2) is 5.44. The number of hydrogen-bond acceptors (Lipinski definition) is 7. The van der Waals surface area contributed by atoms with E-state index in [2.05, 4.69) is 15.0 Å². The van der Waals surface area contributed by atoms with E-state index in [9.17, 15) is 10.1 Å². The average Bonchev–Trinajstić information content (AvgIpc) is 3.01. The maximum atomic E-state index is 11.3. The lowest BCUT2D eigenvalue weighted by Gasteiger charge is -2.27. The highest BCUT2D eigenvalue weighted by Crippen LogP contribution is 2.26. The van der Waals surface area contributed by atoms with Gasteiger partial charge in [0.25, 0.3) is 0 Å². The molecule has 1 saturated heterocycles.